The third-order valence-electron chi connectivity index (χ3n) is 3.61. The molecule has 0 heterocycles. The fourth-order valence-corrected chi connectivity index (χ4v) is 2.65. The van der Waals surface area contributed by atoms with E-state index in [0.29, 0.717) is 22.5 Å². The van der Waals surface area contributed by atoms with Gasteiger partial charge in [0.25, 0.3) is 0 Å². The molecule has 0 radical (unpaired) electrons. The quantitative estimate of drug-likeness (QED) is 0.398. The molecule has 0 spiro atoms. The van der Waals surface area contributed by atoms with Crippen molar-refractivity contribution in [2.24, 2.45) is 0 Å². The molecule has 0 saturated carbocycles. The van der Waals surface area contributed by atoms with Crippen molar-refractivity contribution in [2.75, 3.05) is 0 Å². The zero-order valence-corrected chi connectivity index (χ0v) is 15.0. The molecule has 2 aromatic carbocycles. The zero-order chi connectivity index (χ0) is 18.9. The van der Waals surface area contributed by atoms with Crippen LogP contribution in [0.1, 0.15) is 24.0 Å². The monoisotopic (exact) mass is 392 g/mol. The molecule has 0 aliphatic heterocycles. The van der Waals surface area contributed by atoms with Gasteiger partial charge in [0.15, 0.2) is 0 Å². The van der Waals surface area contributed by atoms with Gasteiger partial charge < -0.3 is 0 Å². The molecule has 0 fully saturated rings. The molecule has 6 heteroatoms. The van der Waals surface area contributed by atoms with Crippen LogP contribution in [0.15, 0.2) is 59.9 Å². The first-order chi connectivity index (χ1) is 12.6. The van der Waals surface area contributed by atoms with Gasteiger partial charge in [-0.3, -0.25) is 0 Å². The number of allylic oxidation sites excluding steroid dienone is 2. The van der Waals surface area contributed by atoms with E-state index in [1.807, 2.05) is 0 Å². The number of benzene rings is 2. The van der Waals surface area contributed by atoms with E-state index in [4.69, 9.17) is 26.5 Å². The molecule has 0 saturated heterocycles. The third kappa shape index (κ3) is 5.07. The summed E-state index contributed by atoms with van der Waals surface area (Å²) in [5.41, 5.74) is 2.46. The van der Waals surface area contributed by atoms with Gasteiger partial charge in [-0.15, -0.1) is 0 Å². The van der Waals surface area contributed by atoms with Crippen molar-refractivity contribution in [3.8, 4) is 11.5 Å². The molecule has 0 atom stereocenters. The van der Waals surface area contributed by atoms with Crippen LogP contribution < -0.4 is 0 Å². The van der Waals surface area contributed by atoms with Crippen LogP contribution in [0.5, 0.6) is 11.5 Å². The number of nitrogens with one attached hydrogen (secondary N) is 2. The number of aromatic hydroxyl groups is 2. The summed E-state index contributed by atoms with van der Waals surface area (Å²) in [6.07, 6.45) is 6.49. The average Bonchev–Trinajstić information content (AvgIpc) is 2.64. The fourth-order valence-electron chi connectivity index (χ4n) is 2.34. The van der Waals surface area contributed by atoms with Crippen molar-refractivity contribution in [3.05, 3.63) is 71.1 Å². The summed E-state index contributed by atoms with van der Waals surface area (Å²) in [7, 11) is 0. The number of hydrogen-bond acceptors (Lipinski definition) is 5. The maximum atomic E-state index is 9.99. The van der Waals surface area contributed by atoms with Crippen molar-refractivity contribution >= 4 is 24.6 Å². The summed E-state index contributed by atoms with van der Waals surface area (Å²) >= 11 is 5.16. The second kappa shape index (κ2) is 9.59. The van der Waals surface area contributed by atoms with Gasteiger partial charge in [0.2, 0.25) is 0 Å². The fraction of sp³-hybridized carbons (Fsp3) is 0.100. The van der Waals surface area contributed by atoms with Gasteiger partial charge >= 0.3 is 161 Å². The van der Waals surface area contributed by atoms with Gasteiger partial charge in [0, 0.05) is 0 Å². The second-order valence-electron chi connectivity index (χ2n) is 5.46. The normalized spacial score (nSPS) is 11.9. The number of nitrogens with zero attached hydrogens (tertiary/aromatic N) is 1. The van der Waals surface area contributed by atoms with Crippen molar-refractivity contribution in [1.29, 1.82) is 10.8 Å². The molecule has 2 rings (SSSR count). The van der Waals surface area contributed by atoms with Crippen LogP contribution in [0.25, 0.3) is 12.2 Å². The predicted molar refractivity (Wildman–Crippen MR) is 101 cm³/mol. The standard InChI is InChI=1S/C20H20N3O2.Ni/c21-11-9-17(13-15-5-1-3-7-19(15)24)23-18(10-12-22)14-16-6-2-4-8-20(16)25;/h1-8,11-14,21-22,24-25H,9-10H2;/q-1;+1. The Morgan fingerprint density at radius 1 is 0.808 bits per heavy atom. The van der Waals surface area contributed by atoms with E-state index >= 15 is 0 Å². The summed E-state index contributed by atoms with van der Waals surface area (Å²) in [4.78, 5) is 0. The second-order valence-corrected chi connectivity index (χ2v) is 5.90. The van der Waals surface area contributed by atoms with Crippen LogP contribution in [-0.4, -0.2) is 26.6 Å². The first-order valence-corrected chi connectivity index (χ1v) is 8.39. The number of phenolic OH excluding ortho intramolecular Hbond substituents is 2. The molecule has 137 valence electrons. The Morgan fingerprint density at radius 3 is 1.54 bits per heavy atom. The molecule has 5 nitrogen and oxygen atoms in total. The summed E-state index contributed by atoms with van der Waals surface area (Å²) in [5, 5.41) is 34.9. The summed E-state index contributed by atoms with van der Waals surface area (Å²) in [5.74, 6) is 0.253. The Kier molecular flexibility index (Phi) is 7.18. The molecule has 4 N–H and O–H groups in total. The predicted octanol–water partition coefficient (Wildman–Crippen LogP) is 4.32. The molecule has 0 unspecified atom stereocenters. The minimum atomic E-state index is 0.127. The molecule has 0 bridgehead atoms. The maximum absolute atomic E-state index is 9.99. The minimum absolute atomic E-state index is 0.127. The first kappa shape index (κ1) is 19.5. The first-order valence-electron chi connectivity index (χ1n) is 7.95. The van der Waals surface area contributed by atoms with Gasteiger partial charge in [-0.2, -0.15) is 0 Å². The Balaban J connectivity index is 2.45. The number of para-hydroxylation sites is 2. The van der Waals surface area contributed by atoms with Gasteiger partial charge in [-0.1, -0.05) is 0 Å². The Morgan fingerprint density at radius 2 is 1.19 bits per heavy atom. The summed E-state index contributed by atoms with van der Waals surface area (Å²) in [6, 6.07) is 13.8. The van der Waals surface area contributed by atoms with Crippen molar-refractivity contribution in [1.82, 2.24) is 3.98 Å². The van der Waals surface area contributed by atoms with Crippen molar-refractivity contribution in [3.63, 3.8) is 0 Å². The van der Waals surface area contributed by atoms with Crippen molar-refractivity contribution < 1.29 is 25.9 Å². The Bertz CT molecular complexity index is 777. The van der Waals surface area contributed by atoms with Gasteiger partial charge in [-0.25, -0.2) is 0 Å². The van der Waals surface area contributed by atoms with Crippen LogP contribution in [0.2, 0.25) is 0 Å². The van der Waals surface area contributed by atoms with E-state index in [2.05, 4.69) is 0 Å². The van der Waals surface area contributed by atoms with Gasteiger partial charge in [0.1, 0.15) is 0 Å². The molecule has 0 amide bonds. The molecular weight excluding hydrogens is 373 g/mol. The Hall–Kier alpha value is -2.85. The number of rotatable bonds is 8. The average molecular weight is 393 g/mol. The summed E-state index contributed by atoms with van der Waals surface area (Å²) in [6.45, 7) is 0. The molecule has 0 aliphatic carbocycles. The topological polar surface area (TPSA) is 91.4 Å². The van der Waals surface area contributed by atoms with E-state index in [0.717, 1.165) is 0 Å². The van der Waals surface area contributed by atoms with E-state index in [-0.39, 0.29) is 24.3 Å². The van der Waals surface area contributed by atoms with E-state index < -0.39 is 0 Å². The number of phenols is 2. The van der Waals surface area contributed by atoms with E-state index in [9.17, 15) is 10.2 Å². The third-order valence-corrected chi connectivity index (χ3v) is 4.18. The summed E-state index contributed by atoms with van der Waals surface area (Å²) < 4.78 is 1.51. The molecule has 2 aromatic rings. The van der Waals surface area contributed by atoms with E-state index in [1.54, 1.807) is 60.7 Å². The van der Waals surface area contributed by atoms with Crippen LogP contribution >= 0.6 is 0 Å². The SMILES string of the molecule is N=CCC(=Cc1ccccc1O)[N]([Ni])C(=Cc1ccccc1O)CC=N. The van der Waals surface area contributed by atoms with Crippen LogP contribution in [0.3, 0.4) is 0 Å². The number of hydrogen-bond donors (Lipinski definition) is 4. The van der Waals surface area contributed by atoms with Crippen LogP contribution in [0, 0.1) is 10.8 Å². The Labute approximate surface area is 160 Å². The van der Waals surface area contributed by atoms with E-state index in [1.165, 1.54) is 16.4 Å². The molecule has 0 aromatic heterocycles. The van der Waals surface area contributed by atoms with Gasteiger partial charge in [-0.05, 0) is 0 Å². The molecule has 0 aliphatic rings. The molecular formula is C20H20N3NiO2. The van der Waals surface area contributed by atoms with Gasteiger partial charge in [0.05, 0.1) is 0 Å². The zero-order valence-electron chi connectivity index (χ0n) is 14.0. The van der Waals surface area contributed by atoms with Crippen LogP contribution in [0.4, 0.5) is 0 Å². The molecule has 26 heavy (non-hydrogen) atoms. The van der Waals surface area contributed by atoms with Crippen LogP contribution in [-0.2, 0) is 15.7 Å². The van der Waals surface area contributed by atoms with Crippen molar-refractivity contribution in [2.45, 2.75) is 12.8 Å².